The molecule has 1 heteroatoms. The lowest BCUT2D eigenvalue weighted by Crippen LogP contribution is -2.16. The van der Waals surface area contributed by atoms with E-state index in [4.69, 9.17) is 0 Å². The predicted molar refractivity (Wildman–Crippen MR) is 133 cm³/mol. The Hall–Kier alpha value is -2.54. The van der Waals surface area contributed by atoms with Crippen LogP contribution in [0.2, 0.25) is 0 Å². The van der Waals surface area contributed by atoms with Crippen LogP contribution in [-0.4, -0.2) is 0 Å². The topological polar surface area (TPSA) is 12.0 Å². The first-order valence-corrected chi connectivity index (χ1v) is 11.0. The molecule has 0 unspecified atom stereocenters. The zero-order valence-corrected chi connectivity index (χ0v) is 20.2. The molecule has 0 aliphatic carbocycles. The van der Waals surface area contributed by atoms with Gasteiger partial charge in [0.05, 0.1) is 0 Å². The Morgan fingerprint density at radius 1 is 0.600 bits per heavy atom. The molecule has 1 nitrogen and oxygen atoms in total. The average Bonchev–Trinajstić information content (AvgIpc) is 2.59. The van der Waals surface area contributed by atoms with Crippen LogP contribution in [0.1, 0.15) is 69.4 Å². The minimum absolute atomic E-state index is 0.107. The van der Waals surface area contributed by atoms with Gasteiger partial charge in [0.25, 0.3) is 0 Å². The molecular formula is C29H37N. The number of hydrogen-bond donors (Lipinski definition) is 1. The molecule has 0 aromatic heterocycles. The molecule has 158 valence electrons. The second-order valence-corrected chi connectivity index (χ2v) is 10.8. The summed E-state index contributed by atoms with van der Waals surface area (Å²) in [6.45, 7) is 20.3. The molecule has 0 spiro atoms. The van der Waals surface area contributed by atoms with Crippen LogP contribution in [-0.2, 0) is 10.8 Å². The molecule has 3 aromatic rings. The van der Waals surface area contributed by atoms with Gasteiger partial charge in [-0.3, -0.25) is 0 Å². The van der Waals surface area contributed by atoms with E-state index in [1.54, 1.807) is 0 Å². The molecule has 0 atom stereocenters. The number of nitrogens with one attached hydrogen (secondary N) is 1. The molecule has 0 aliphatic rings. The minimum atomic E-state index is 0.107. The first-order chi connectivity index (χ1) is 13.8. The fraction of sp³-hybridized carbons (Fsp3) is 0.379. The van der Waals surface area contributed by atoms with Gasteiger partial charge in [-0.1, -0.05) is 77.4 Å². The van der Waals surface area contributed by atoms with Crippen molar-refractivity contribution in [1.82, 2.24) is 0 Å². The van der Waals surface area contributed by atoms with Crippen molar-refractivity contribution < 1.29 is 0 Å². The van der Waals surface area contributed by atoms with E-state index in [2.05, 4.69) is 122 Å². The van der Waals surface area contributed by atoms with Gasteiger partial charge in [0.1, 0.15) is 0 Å². The lowest BCUT2D eigenvalue weighted by Gasteiger charge is -2.26. The summed E-state index contributed by atoms with van der Waals surface area (Å²) in [7, 11) is 0. The zero-order chi connectivity index (χ0) is 22.3. The van der Waals surface area contributed by atoms with E-state index in [1.165, 1.54) is 38.9 Å². The van der Waals surface area contributed by atoms with Gasteiger partial charge in [-0.15, -0.1) is 0 Å². The third-order valence-corrected chi connectivity index (χ3v) is 5.78. The van der Waals surface area contributed by atoms with Gasteiger partial charge in [0, 0.05) is 11.4 Å². The molecule has 0 aliphatic heterocycles. The maximum absolute atomic E-state index is 3.69. The molecule has 0 heterocycles. The maximum Gasteiger partial charge on any atom is 0.0390 e. The molecule has 0 saturated carbocycles. The smallest absolute Gasteiger partial charge is 0.0390 e. The van der Waals surface area contributed by atoms with Crippen molar-refractivity contribution in [3.63, 3.8) is 0 Å². The van der Waals surface area contributed by atoms with Crippen LogP contribution in [0, 0.1) is 20.8 Å². The van der Waals surface area contributed by atoms with Gasteiger partial charge >= 0.3 is 0 Å². The Balaban J connectivity index is 2.03. The van der Waals surface area contributed by atoms with Crippen LogP contribution in [0.3, 0.4) is 0 Å². The Morgan fingerprint density at radius 2 is 1.13 bits per heavy atom. The number of hydrogen-bond acceptors (Lipinski definition) is 1. The van der Waals surface area contributed by atoms with Crippen LogP contribution in [0.25, 0.3) is 11.1 Å². The normalized spacial score (nSPS) is 12.2. The highest BCUT2D eigenvalue weighted by molar-refractivity contribution is 5.76. The molecule has 30 heavy (non-hydrogen) atoms. The van der Waals surface area contributed by atoms with Crippen molar-refractivity contribution in [3.8, 4) is 11.1 Å². The highest BCUT2D eigenvalue weighted by atomic mass is 14.9. The van der Waals surface area contributed by atoms with Gasteiger partial charge < -0.3 is 5.32 Å². The summed E-state index contributed by atoms with van der Waals surface area (Å²) in [4.78, 5) is 0. The van der Waals surface area contributed by atoms with Crippen LogP contribution in [0.5, 0.6) is 0 Å². The van der Waals surface area contributed by atoms with Crippen LogP contribution < -0.4 is 5.32 Å². The number of aryl methyl sites for hydroxylation is 3. The van der Waals surface area contributed by atoms with Crippen molar-refractivity contribution in [3.05, 3.63) is 82.4 Å². The number of benzene rings is 3. The largest absolute Gasteiger partial charge is 0.355 e. The number of rotatable bonds is 3. The Kier molecular flexibility index (Phi) is 5.87. The maximum atomic E-state index is 3.69. The Morgan fingerprint density at radius 3 is 1.63 bits per heavy atom. The molecule has 0 fully saturated rings. The Labute approximate surface area is 183 Å². The summed E-state index contributed by atoms with van der Waals surface area (Å²) < 4.78 is 0. The van der Waals surface area contributed by atoms with Crippen LogP contribution >= 0.6 is 0 Å². The monoisotopic (exact) mass is 399 g/mol. The fourth-order valence-corrected chi connectivity index (χ4v) is 4.12. The zero-order valence-electron chi connectivity index (χ0n) is 20.2. The molecule has 0 saturated heterocycles. The van der Waals surface area contributed by atoms with Crippen molar-refractivity contribution in [1.29, 1.82) is 0 Å². The molecule has 3 rings (SSSR count). The highest BCUT2D eigenvalue weighted by Gasteiger charge is 2.20. The van der Waals surface area contributed by atoms with Crippen LogP contribution in [0.15, 0.2) is 54.6 Å². The molecular weight excluding hydrogens is 362 g/mol. The minimum Gasteiger partial charge on any atom is -0.355 e. The van der Waals surface area contributed by atoms with E-state index in [9.17, 15) is 0 Å². The first kappa shape index (κ1) is 22.2. The highest BCUT2D eigenvalue weighted by Crippen LogP contribution is 2.34. The van der Waals surface area contributed by atoms with Crippen LogP contribution in [0.4, 0.5) is 11.4 Å². The molecule has 0 amide bonds. The van der Waals surface area contributed by atoms with E-state index >= 15 is 0 Å². The van der Waals surface area contributed by atoms with Crippen molar-refractivity contribution in [2.75, 3.05) is 5.32 Å². The van der Waals surface area contributed by atoms with E-state index in [-0.39, 0.29) is 10.8 Å². The SMILES string of the molecule is Cc1cc(C)c(-c2cccc(Nc3cc(C(C)(C)C)cc(C(C)(C)C)c3)c2)c(C)c1. The molecule has 1 N–H and O–H groups in total. The Bertz CT molecular complexity index is 1000. The van der Waals surface area contributed by atoms with Gasteiger partial charge in [0.2, 0.25) is 0 Å². The predicted octanol–water partition coefficient (Wildman–Crippen LogP) is 8.62. The molecule has 0 bridgehead atoms. The second-order valence-electron chi connectivity index (χ2n) is 10.8. The lowest BCUT2D eigenvalue weighted by atomic mass is 9.80. The van der Waals surface area contributed by atoms with E-state index in [0.29, 0.717) is 0 Å². The summed E-state index contributed by atoms with van der Waals surface area (Å²) in [5.74, 6) is 0. The van der Waals surface area contributed by atoms with Crippen molar-refractivity contribution in [2.45, 2.75) is 73.1 Å². The standard InChI is InChI=1S/C29H37N/c1-19-13-20(2)27(21(3)14-19)22-11-10-12-25(15-22)30-26-17-23(28(4,5)6)16-24(18-26)29(7,8)9/h10-18,30H,1-9H3. The van der Waals surface area contributed by atoms with Crippen molar-refractivity contribution >= 4 is 11.4 Å². The quantitative estimate of drug-likeness (QED) is 0.465. The second kappa shape index (κ2) is 7.95. The summed E-state index contributed by atoms with van der Waals surface area (Å²) in [5, 5.41) is 3.69. The summed E-state index contributed by atoms with van der Waals surface area (Å²) >= 11 is 0. The third kappa shape index (κ3) is 4.95. The van der Waals surface area contributed by atoms with E-state index < -0.39 is 0 Å². The van der Waals surface area contributed by atoms with Gasteiger partial charge in [0.15, 0.2) is 0 Å². The first-order valence-electron chi connectivity index (χ1n) is 11.0. The summed E-state index contributed by atoms with van der Waals surface area (Å²) in [5.41, 5.74) is 11.8. The average molecular weight is 400 g/mol. The van der Waals surface area contributed by atoms with Gasteiger partial charge in [-0.2, -0.15) is 0 Å². The lowest BCUT2D eigenvalue weighted by molar-refractivity contribution is 0.569. The fourth-order valence-electron chi connectivity index (χ4n) is 4.12. The van der Waals surface area contributed by atoms with Crippen molar-refractivity contribution in [2.24, 2.45) is 0 Å². The molecule has 0 radical (unpaired) electrons. The van der Waals surface area contributed by atoms with E-state index in [1.807, 2.05) is 0 Å². The summed E-state index contributed by atoms with van der Waals surface area (Å²) in [6.07, 6.45) is 0. The summed E-state index contributed by atoms with van der Waals surface area (Å²) in [6, 6.07) is 20.3. The number of anilines is 2. The third-order valence-electron chi connectivity index (χ3n) is 5.78. The van der Waals surface area contributed by atoms with E-state index in [0.717, 1.165) is 11.4 Å². The van der Waals surface area contributed by atoms with Gasteiger partial charge in [-0.25, -0.2) is 0 Å². The van der Waals surface area contributed by atoms with Gasteiger partial charge in [-0.05, 0) is 89.2 Å². The molecule has 3 aromatic carbocycles.